The monoisotopic (exact) mass is 902 g/mol. The molecule has 346 valence electrons. The third kappa shape index (κ3) is 9.76. The van der Waals surface area contributed by atoms with Gasteiger partial charge in [0.1, 0.15) is 17.8 Å². The van der Waals surface area contributed by atoms with Gasteiger partial charge in [-0.25, -0.2) is 9.97 Å². The van der Waals surface area contributed by atoms with Crippen LogP contribution in [0.4, 0.5) is 17.5 Å². The fraction of sp³-hybridized carbons (Fsp3) is 0.404. The van der Waals surface area contributed by atoms with Gasteiger partial charge in [-0.2, -0.15) is 0 Å². The van der Waals surface area contributed by atoms with E-state index < -0.39 is 23.6 Å². The average molecular weight is 903 g/mol. The van der Waals surface area contributed by atoms with Gasteiger partial charge in [0.05, 0.1) is 23.5 Å². The van der Waals surface area contributed by atoms with Gasteiger partial charge in [0.25, 0.3) is 0 Å². The third-order valence-corrected chi connectivity index (χ3v) is 13.8. The number of piperazine rings is 1. The number of para-hydroxylation sites is 1. The molecule has 5 N–H and O–H groups in total. The lowest BCUT2D eigenvalue weighted by Crippen LogP contribution is -2.58. The summed E-state index contributed by atoms with van der Waals surface area (Å²) in [5.41, 5.74) is 6.40. The number of phenolic OH excluding ortho intramolecular Hbond substituents is 1. The van der Waals surface area contributed by atoms with Crippen molar-refractivity contribution in [2.24, 2.45) is 11.3 Å². The maximum atomic E-state index is 14.2. The highest BCUT2D eigenvalue weighted by atomic mass is 16.3. The van der Waals surface area contributed by atoms with E-state index in [0.717, 1.165) is 66.2 Å². The number of hydrogen-bond donors (Lipinski definition) is 5. The van der Waals surface area contributed by atoms with Gasteiger partial charge in [-0.15, -0.1) is 16.6 Å². The van der Waals surface area contributed by atoms with Gasteiger partial charge in [-0.05, 0) is 84.0 Å². The number of fused-ring (bicyclic) bond motifs is 3. The van der Waals surface area contributed by atoms with Gasteiger partial charge in [0.15, 0.2) is 5.82 Å². The number of carbonyl (C=O) groups excluding carboxylic acids is 3. The Morgan fingerprint density at radius 2 is 1.63 bits per heavy atom. The molecule has 1 aliphatic carbocycles. The lowest BCUT2D eigenvalue weighted by molar-refractivity contribution is -0.144. The molecular weight excluding hydrogens is 845 g/mol. The van der Waals surface area contributed by atoms with Crippen molar-refractivity contribution >= 4 is 35.2 Å². The highest BCUT2D eigenvalue weighted by molar-refractivity contribution is 5.93. The molecule has 4 aliphatic rings. The van der Waals surface area contributed by atoms with Gasteiger partial charge in [0.2, 0.25) is 23.7 Å². The van der Waals surface area contributed by atoms with E-state index in [-0.39, 0.29) is 54.9 Å². The van der Waals surface area contributed by atoms with E-state index in [9.17, 15) is 24.6 Å². The van der Waals surface area contributed by atoms with Gasteiger partial charge >= 0.3 is 0 Å². The molecule has 5 heterocycles. The number of β-amino-alcohol motifs (C(OH)–C–C–N with tert-alkyl or cyclic N) is 1. The van der Waals surface area contributed by atoms with Crippen molar-refractivity contribution in [3.8, 4) is 40.5 Å². The number of nitrogens with zero attached hydrogens (tertiary/aromatic N) is 7. The van der Waals surface area contributed by atoms with Crippen LogP contribution in [0.1, 0.15) is 75.5 Å². The van der Waals surface area contributed by atoms with Gasteiger partial charge in [0, 0.05) is 80.7 Å². The minimum Gasteiger partial charge on any atom is -0.507 e. The molecule has 3 fully saturated rings. The van der Waals surface area contributed by atoms with Crippen LogP contribution in [0.5, 0.6) is 5.75 Å². The number of hydrogen-bond acceptors (Lipinski definition) is 12. The smallest absolute Gasteiger partial charge is 0.246 e. The minimum absolute atomic E-state index is 0.0211. The van der Waals surface area contributed by atoms with E-state index >= 15 is 0 Å². The number of rotatable bonds is 10. The molecule has 2 aromatic heterocycles. The zero-order valence-electron chi connectivity index (χ0n) is 38.2. The molecule has 5 aromatic rings. The van der Waals surface area contributed by atoms with Crippen LogP contribution in [-0.4, -0.2) is 110 Å². The lowest BCUT2D eigenvalue weighted by Gasteiger charge is -2.45. The van der Waals surface area contributed by atoms with Crippen molar-refractivity contribution in [2.75, 3.05) is 47.8 Å². The summed E-state index contributed by atoms with van der Waals surface area (Å²) in [6.07, 6.45) is 11.6. The molecule has 4 atom stereocenters. The SMILES string of the molecule is C#Cc1ccc(CNC(=O)[C@@H]2C[C@@H](O)CN2C(=O)[C@@H](NC(=O)[C@H]2CC[C@@H](c3ccc(-c4cnc(N5CCN6c7cc(-c8ccccc8O)nnc7NC[C@H]6C5)nc4)cc3)CC2)C(C)(C)C)cc1. The summed E-state index contributed by atoms with van der Waals surface area (Å²) in [4.78, 5) is 57.0. The summed E-state index contributed by atoms with van der Waals surface area (Å²) in [6, 6.07) is 23.5. The van der Waals surface area contributed by atoms with Gasteiger partial charge < -0.3 is 40.9 Å². The van der Waals surface area contributed by atoms with Crippen molar-refractivity contribution in [3.05, 3.63) is 108 Å². The molecule has 3 amide bonds. The first kappa shape index (κ1) is 45.1. The maximum absolute atomic E-state index is 14.2. The van der Waals surface area contributed by atoms with Crippen LogP contribution < -0.4 is 25.8 Å². The van der Waals surface area contributed by atoms with Crippen molar-refractivity contribution in [1.82, 2.24) is 35.7 Å². The van der Waals surface area contributed by atoms with Crippen LogP contribution in [0.25, 0.3) is 22.4 Å². The minimum atomic E-state index is -0.875. The Hall–Kier alpha value is -7.05. The number of aromatic hydroxyl groups is 1. The van der Waals surface area contributed by atoms with Crippen molar-refractivity contribution < 1.29 is 24.6 Å². The van der Waals surface area contributed by atoms with Gasteiger partial charge in [-0.3, -0.25) is 14.4 Å². The first-order valence-corrected chi connectivity index (χ1v) is 23.3. The fourth-order valence-electron chi connectivity index (χ4n) is 9.97. The Kier molecular flexibility index (Phi) is 12.8. The van der Waals surface area contributed by atoms with Crippen molar-refractivity contribution in [1.29, 1.82) is 0 Å². The standard InChI is InChI=1S/C52H58N10O5/c1-5-32-10-12-33(13-11-32)26-54-49(66)44-24-40(63)31-62(44)50(67)46(52(2,3)4)57-48(65)37-20-18-35(19-21-37)34-14-16-36(17-15-34)38-27-55-51(56-28-38)60-22-23-61-39(30-60)29-53-47-43(61)25-42(58-59-47)41-8-6-7-9-45(41)64/h1,6-17,25,27-28,35,37,39-40,44,46,63-64H,18-24,26,29-31H2,2-4H3,(H,53,59)(H,54,66)(H,57,65)/t35-,37+,39-,40+,44-,46+/m0/s1. The number of carbonyl (C=O) groups is 3. The summed E-state index contributed by atoms with van der Waals surface area (Å²) >= 11 is 0. The second-order valence-electron chi connectivity index (χ2n) is 19.4. The fourth-order valence-corrected chi connectivity index (χ4v) is 9.97. The van der Waals surface area contributed by atoms with Crippen LogP contribution in [0.3, 0.4) is 0 Å². The number of anilines is 3. The molecule has 1 saturated carbocycles. The molecule has 15 heteroatoms. The van der Waals surface area contributed by atoms with Crippen LogP contribution >= 0.6 is 0 Å². The van der Waals surface area contributed by atoms with Crippen molar-refractivity contribution in [3.63, 3.8) is 0 Å². The molecule has 0 spiro atoms. The highest BCUT2D eigenvalue weighted by Crippen LogP contribution is 2.39. The van der Waals surface area contributed by atoms with Crippen LogP contribution in [-0.2, 0) is 20.9 Å². The number of phenols is 1. The summed E-state index contributed by atoms with van der Waals surface area (Å²) < 4.78 is 0. The Bertz CT molecular complexity index is 2640. The number of amides is 3. The molecule has 2 saturated heterocycles. The number of likely N-dealkylation sites (tertiary alicyclic amines) is 1. The molecular formula is C52H58N10O5. The molecule has 0 radical (unpaired) electrons. The number of aromatic nitrogens is 4. The van der Waals surface area contributed by atoms with Crippen LogP contribution in [0, 0.1) is 23.7 Å². The predicted molar refractivity (Wildman–Crippen MR) is 257 cm³/mol. The van der Waals surface area contributed by atoms with Crippen LogP contribution in [0.15, 0.2) is 91.3 Å². The number of nitrogens with one attached hydrogen (secondary N) is 3. The number of aliphatic hydroxyl groups excluding tert-OH is 1. The van der Waals surface area contributed by atoms with Gasteiger partial charge in [-0.1, -0.05) is 75.2 Å². The van der Waals surface area contributed by atoms with E-state index in [2.05, 4.69) is 66.1 Å². The zero-order valence-corrected chi connectivity index (χ0v) is 38.2. The average Bonchev–Trinajstić information content (AvgIpc) is 3.76. The highest BCUT2D eigenvalue weighted by Gasteiger charge is 2.45. The van der Waals surface area contributed by atoms with E-state index in [0.29, 0.717) is 42.5 Å². The largest absolute Gasteiger partial charge is 0.507 e. The Morgan fingerprint density at radius 3 is 2.33 bits per heavy atom. The van der Waals surface area contributed by atoms with Crippen molar-refractivity contribution in [2.45, 2.75) is 89.6 Å². The molecule has 9 rings (SSSR count). The Morgan fingerprint density at radius 1 is 0.896 bits per heavy atom. The van der Waals surface area contributed by atoms with E-state index in [4.69, 9.17) is 16.4 Å². The predicted octanol–water partition coefficient (Wildman–Crippen LogP) is 5.49. The number of terminal acetylenes is 1. The first-order chi connectivity index (χ1) is 32.3. The lowest BCUT2D eigenvalue weighted by atomic mass is 9.77. The Balaban J connectivity index is 0.768. The summed E-state index contributed by atoms with van der Waals surface area (Å²) in [7, 11) is 0. The molecule has 3 aromatic carbocycles. The maximum Gasteiger partial charge on any atom is 0.246 e. The van der Waals surface area contributed by atoms with E-state index in [1.807, 2.05) is 63.5 Å². The number of aliphatic hydroxyl groups is 1. The topological polar surface area (TPSA) is 189 Å². The normalized spacial score (nSPS) is 21.8. The van der Waals surface area contributed by atoms with Crippen LogP contribution in [0.2, 0.25) is 0 Å². The number of benzene rings is 3. The molecule has 0 unspecified atom stereocenters. The summed E-state index contributed by atoms with van der Waals surface area (Å²) in [5, 5.41) is 39.3. The molecule has 0 bridgehead atoms. The Labute approximate surface area is 391 Å². The van der Waals surface area contributed by atoms with E-state index in [1.54, 1.807) is 24.3 Å². The third-order valence-electron chi connectivity index (χ3n) is 13.8. The first-order valence-electron chi connectivity index (χ1n) is 23.3. The molecule has 15 nitrogen and oxygen atoms in total. The van der Waals surface area contributed by atoms with E-state index in [1.165, 1.54) is 10.5 Å². The second kappa shape index (κ2) is 19.0. The molecule has 3 aliphatic heterocycles. The summed E-state index contributed by atoms with van der Waals surface area (Å²) in [6.45, 7) is 8.95. The zero-order chi connectivity index (χ0) is 46.8. The summed E-state index contributed by atoms with van der Waals surface area (Å²) in [5.74, 6) is 3.38. The second-order valence-corrected chi connectivity index (χ2v) is 19.4. The quantitative estimate of drug-likeness (QED) is 0.111. The molecule has 67 heavy (non-hydrogen) atoms.